The molecule has 1 atom stereocenters. The number of thiophene rings is 1. The number of hydrogen-bond acceptors (Lipinski definition) is 3. The van der Waals surface area contributed by atoms with Crippen LogP contribution in [0, 0.1) is 5.82 Å². The highest BCUT2D eigenvalue weighted by molar-refractivity contribution is 7.10. The average Bonchev–Trinajstić information content (AvgIpc) is 2.88. The van der Waals surface area contributed by atoms with E-state index in [2.05, 4.69) is 0 Å². The van der Waals surface area contributed by atoms with E-state index in [9.17, 15) is 14.3 Å². The Morgan fingerprint density at radius 3 is 2.95 bits per heavy atom. The average molecular weight is 291 g/mol. The normalized spacial score (nSPS) is 18.8. The van der Waals surface area contributed by atoms with Gasteiger partial charge in [-0.1, -0.05) is 18.2 Å². The van der Waals surface area contributed by atoms with Crippen molar-refractivity contribution in [3.05, 3.63) is 57.5 Å². The number of aliphatic carboxylic acids is 1. The van der Waals surface area contributed by atoms with Gasteiger partial charge in [-0.3, -0.25) is 9.69 Å². The van der Waals surface area contributed by atoms with Crippen LogP contribution in [0.4, 0.5) is 4.39 Å². The summed E-state index contributed by atoms with van der Waals surface area (Å²) in [5.74, 6) is -1.16. The Balaban J connectivity index is 1.90. The molecule has 0 saturated heterocycles. The van der Waals surface area contributed by atoms with Crippen molar-refractivity contribution in [2.75, 3.05) is 6.54 Å². The lowest BCUT2D eigenvalue weighted by molar-refractivity contribution is -0.144. The van der Waals surface area contributed by atoms with Gasteiger partial charge in [-0.05, 0) is 29.5 Å². The Morgan fingerprint density at radius 2 is 2.20 bits per heavy atom. The molecular weight excluding hydrogens is 277 g/mol. The fourth-order valence-corrected chi connectivity index (χ4v) is 3.58. The van der Waals surface area contributed by atoms with Crippen molar-refractivity contribution in [1.29, 1.82) is 0 Å². The molecule has 5 heteroatoms. The highest BCUT2D eigenvalue weighted by Gasteiger charge is 2.33. The van der Waals surface area contributed by atoms with Crippen molar-refractivity contribution in [1.82, 2.24) is 4.90 Å². The summed E-state index contributed by atoms with van der Waals surface area (Å²) >= 11 is 1.59. The van der Waals surface area contributed by atoms with Gasteiger partial charge in [0.15, 0.2) is 0 Å². The summed E-state index contributed by atoms with van der Waals surface area (Å²) in [6.07, 6.45) is 0.825. The van der Waals surface area contributed by atoms with Gasteiger partial charge in [-0.2, -0.15) is 0 Å². The monoisotopic (exact) mass is 291 g/mol. The number of carboxylic acid groups (broad SMARTS) is 1. The number of hydrogen-bond donors (Lipinski definition) is 1. The van der Waals surface area contributed by atoms with Gasteiger partial charge in [0.2, 0.25) is 0 Å². The van der Waals surface area contributed by atoms with Gasteiger partial charge in [-0.25, -0.2) is 4.39 Å². The van der Waals surface area contributed by atoms with Crippen LogP contribution in [-0.4, -0.2) is 22.5 Å². The number of carboxylic acids is 1. The molecule has 0 spiro atoms. The summed E-state index contributed by atoms with van der Waals surface area (Å²) in [6, 6.07) is 7.72. The molecule has 0 aliphatic carbocycles. The smallest absolute Gasteiger partial charge is 0.325 e. The number of benzene rings is 1. The van der Waals surface area contributed by atoms with Crippen molar-refractivity contribution < 1.29 is 14.3 Å². The van der Waals surface area contributed by atoms with Crippen LogP contribution in [0.2, 0.25) is 0 Å². The Bertz CT molecular complexity index is 640. The lowest BCUT2D eigenvalue weighted by atomic mass is 9.99. The Hall–Kier alpha value is -1.72. The minimum Gasteiger partial charge on any atom is -0.480 e. The molecule has 1 aliphatic rings. The molecule has 104 valence electrons. The van der Waals surface area contributed by atoms with Crippen molar-refractivity contribution >= 4 is 17.3 Å². The van der Waals surface area contributed by atoms with Gasteiger partial charge in [-0.15, -0.1) is 11.3 Å². The minimum atomic E-state index is -0.874. The van der Waals surface area contributed by atoms with Crippen LogP contribution < -0.4 is 0 Å². The summed E-state index contributed by atoms with van der Waals surface area (Å²) in [5, 5.41) is 11.4. The zero-order valence-electron chi connectivity index (χ0n) is 10.8. The van der Waals surface area contributed by atoms with Crippen molar-refractivity contribution in [2.45, 2.75) is 19.0 Å². The third-order valence-electron chi connectivity index (χ3n) is 3.63. The molecular formula is C15H14FNO2S. The van der Waals surface area contributed by atoms with E-state index in [1.807, 2.05) is 16.3 Å². The van der Waals surface area contributed by atoms with E-state index in [4.69, 9.17) is 0 Å². The highest BCUT2D eigenvalue weighted by Crippen LogP contribution is 2.34. The quantitative estimate of drug-likeness (QED) is 0.945. The van der Waals surface area contributed by atoms with E-state index >= 15 is 0 Å². The van der Waals surface area contributed by atoms with Crippen LogP contribution in [0.25, 0.3) is 0 Å². The first-order chi connectivity index (χ1) is 9.66. The van der Waals surface area contributed by atoms with Crippen molar-refractivity contribution in [2.24, 2.45) is 0 Å². The molecule has 2 heterocycles. The maximum atomic E-state index is 13.7. The molecule has 2 aromatic rings. The van der Waals surface area contributed by atoms with Crippen molar-refractivity contribution in [3.8, 4) is 0 Å². The van der Waals surface area contributed by atoms with Crippen LogP contribution in [0.1, 0.15) is 22.0 Å². The number of nitrogens with zero attached hydrogens (tertiary/aromatic N) is 1. The molecule has 0 saturated carbocycles. The predicted molar refractivity (Wildman–Crippen MR) is 75.2 cm³/mol. The molecule has 1 aromatic heterocycles. The third-order valence-corrected chi connectivity index (χ3v) is 4.63. The summed E-state index contributed by atoms with van der Waals surface area (Å²) < 4.78 is 13.7. The summed E-state index contributed by atoms with van der Waals surface area (Å²) in [5.41, 5.74) is 1.39. The van der Waals surface area contributed by atoms with E-state index in [-0.39, 0.29) is 5.82 Å². The second-order valence-electron chi connectivity index (χ2n) is 4.85. The molecule has 20 heavy (non-hydrogen) atoms. The van der Waals surface area contributed by atoms with Gasteiger partial charge in [0.25, 0.3) is 0 Å². The zero-order valence-corrected chi connectivity index (χ0v) is 11.6. The van der Waals surface area contributed by atoms with Crippen LogP contribution in [0.3, 0.4) is 0 Å². The third kappa shape index (κ3) is 2.34. The molecule has 0 amide bonds. The number of rotatable bonds is 3. The van der Waals surface area contributed by atoms with Crippen molar-refractivity contribution in [3.63, 3.8) is 0 Å². The van der Waals surface area contributed by atoms with Crippen LogP contribution >= 0.6 is 11.3 Å². The van der Waals surface area contributed by atoms with Gasteiger partial charge in [0.1, 0.15) is 11.9 Å². The highest BCUT2D eigenvalue weighted by atomic mass is 32.1. The molecule has 0 fully saturated rings. The molecule has 0 radical (unpaired) electrons. The fourth-order valence-electron chi connectivity index (χ4n) is 2.67. The van der Waals surface area contributed by atoms with E-state index in [1.54, 1.807) is 29.5 Å². The van der Waals surface area contributed by atoms with Crippen LogP contribution in [-0.2, 0) is 17.8 Å². The van der Waals surface area contributed by atoms with E-state index < -0.39 is 12.0 Å². The van der Waals surface area contributed by atoms with Gasteiger partial charge >= 0.3 is 5.97 Å². The zero-order chi connectivity index (χ0) is 14.1. The molecule has 1 unspecified atom stereocenters. The first kappa shape index (κ1) is 13.3. The lowest BCUT2D eigenvalue weighted by Gasteiger charge is -2.33. The predicted octanol–water partition coefficient (Wildman–Crippen LogP) is 3.07. The molecule has 1 aromatic carbocycles. The van der Waals surface area contributed by atoms with E-state index in [1.165, 1.54) is 6.07 Å². The molecule has 3 rings (SSSR count). The molecule has 0 bridgehead atoms. The van der Waals surface area contributed by atoms with Gasteiger partial charge < -0.3 is 5.11 Å². The summed E-state index contributed by atoms with van der Waals surface area (Å²) in [7, 11) is 0. The van der Waals surface area contributed by atoms with Crippen LogP contribution in [0.15, 0.2) is 35.7 Å². The van der Waals surface area contributed by atoms with Gasteiger partial charge in [0, 0.05) is 23.5 Å². The number of fused-ring (bicyclic) bond motifs is 1. The summed E-state index contributed by atoms with van der Waals surface area (Å²) in [6.45, 7) is 0.956. The largest absolute Gasteiger partial charge is 0.480 e. The maximum Gasteiger partial charge on any atom is 0.325 e. The second-order valence-corrected chi connectivity index (χ2v) is 5.85. The fraction of sp³-hybridized carbons (Fsp3) is 0.267. The van der Waals surface area contributed by atoms with E-state index in [0.717, 1.165) is 16.9 Å². The maximum absolute atomic E-state index is 13.7. The number of halogens is 1. The standard InChI is InChI=1S/C15H14FNO2S/c16-12-4-2-1-3-10(12)9-17-7-5-13-11(6-8-20-13)14(17)15(18)19/h1-4,6,8,14H,5,7,9H2,(H,18,19). The lowest BCUT2D eigenvalue weighted by Crippen LogP contribution is -2.38. The Kier molecular flexibility index (Phi) is 3.54. The minimum absolute atomic E-state index is 0.284. The molecule has 1 aliphatic heterocycles. The topological polar surface area (TPSA) is 40.5 Å². The first-order valence-electron chi connectivity index (χ1n) is 6.43. The first-order valence-corrected chi connectivity index (χ1v) is 7.31. The molecule has 3 nitrogen and oxygen atoms in total. The summed E-state index contributed by atoms with van der Waals surface area (Å²) in [4.78, 5) is 14.5. The SMILES string of the molecule is O=C(O)C1c2ccsc2CCN1Cc1ccccc1F. The van der Waals surface area contributed by atoms with Gasteiger partial charge in [0.05, 0.1) is 0 Å². The Morgan fingerprint density at radius 1 is 1.40 bits per heavy atom. The second kappa shape index (κ2) is 5.34. The van der Waals surface area contributed by atoms with E-state index in [0.29, 0.717) is 18.7 Å². The number of carbonyl (C=O) groups is 1. The van der Waals surface area contributed by atoms with Crippen LogP contribution in [0.5, 0.6) is 0 Å². The molecule has 1 N–H and O–H groups in total. The Labute approximate surface area is 120 Å².